The molecule has 1 saturated carbocycles. The van der Waals surface area contributed by atoms with E-state index in [4.69, 9.17) is 10.5 Å². The maximum Gasteiger partial charge on any atom is 0.255 e. The largest absolute Gasteiger partial charge is 0.484 e. The van der Waals surface area contributed by atoms with Crippen molar-refractivity contribution < 1.29 is 19.1 Å². The van der Waals surface area contributed by atoms with Crippen LogP contribution in [0, 0.1) is 11.8 Å². The average Bonchev–Trinajstić information content (AvgIpc) is 3.27. The molecule has 34 heavy (non-hydrogen) atoms. The van der Waals surface area contributed by atoms with Gasteiger partial charge in [0, 0.05) is 18.5 Å². The Labute approximate surface area is 198 Å². The Hall–Kier alpha value is -3.39. The van der Waals surface area contributed by atoms with Gasteiger partial charge in [0.1, 0.15) is 5.75 Å². The van der Waals surface area contributed by atoms with Gasteiger partial charge in [-0.15, -0.1) is 0 Å². The number of anilines is 1. The molecule has 1 saturated heterocycles. The summed E-state index contributed by atoms with van der Waals surface area (Å²) in [6, 6.07) is 13.8. The molecule has 2 aliphatic heterocycles. The van der Waals surface area contributed by atoms with Crippen molar-refractivity contribution in [2.24, 2.45) is 17.6 Å². The van der Waals surface area contributed by atoms with Gasteiger partial charge < -0.3 is 15.4 Å². The SMILES string of the molecule is NC(=O)COc1ccc2c(c1)N(C(=O)Cc1ccc(C3NNC(=O)C4CCCCC43)cc1)CC2. The molecule has 3 atom stereocenters. The summed E-state index contributed by atoms with van der Waals surface area (Å²) in [7, 11) is 0. The highest BCUT2D eigenvalue weighted by atomic mass is 16.5. The summed E-state index contributed by atoms with van der Waals surface area (Å²) in [5.41, 5.74) is 15.2. The highest BCUT2D eigenvalue weighted by molar-refractivity contribution is 5.97. The van der Waals surface area contributed by atoms with Gasteiger partial charge in [-0.25, -0.2) is 5.43 Å². The molecule has 3 unspecified atom stereocenters. The van der Waals surface area contributed by atoms with E-state index in [1.54, 1.807) is 17.0 Å². The Morgan fingerprint density at radius 1 is 1.09 bits per heavy atom. The number of rotatable bonds is 6. The van der Waals surface area contributed by atoms with Crippen molar-refractivity contribution in [2.75, 3.05) is 18.1 Å². The molecular weight excluding hydrogens is 432 g/mol. The number of hydrogen-bond donors (Lipinski definition) is 3. The summed E-state index contributed by atoms with van der Waals surface area (Å²) in [5, 5.41) is 0. The Morgan fingerprint density at radius 3 is 2.68 bits per heavy atom. The lowest BCUT2D eigenvalue weighted by molar-refractivity contribution is -0.133. The first-order valence-corrected chi connectivity index (χ1v) is 12.0. The lowest BCUT2D eigenvalue weighted by Crippen LogP contribution is -2.55. The minimum atomic E-state index is -0.540. The number of fused-ring (bicyclic) bond motifs is 2. The van der Waals surface area contributed by atoms with Gasteiger partial charge in [0.2, 0.25) is 11.8 Å². The van der Waals surface area contributed by atoms with Crippen molar-refractivity contribution in [3.63, 3.8) is 0 Å². The van der Waals surface area contributed by atoms with E-state index in [1.807, 2.05) is 18.2 Å². The second-order valence-electron chi connectivity index (χ2n) is 9.43. The molecule has 2 heterocycles. The van der Waals surface area contributed by atoms with Gasteiger partial charge in [-0.1, -0.05) is 43.2 Å². The van der Waals surface area contributed by atoms with E-state index in [2.05, 4.69) is 23.0 Å². The van der Waals surface area contributed by atoms with Gasteiger partial charge in [0.15, 0.2) is 6.61 Å². The lowest BCUT2D eigenvalue weighted by Gasteiger charge is -2.41. The Morgan fingerprint density at radius 2 is 1.88 bits per heavy atom. The fraction of sp³-hybridized carbons (Fsp3) is 0.423. The quantitative estimate of drug-likeness (QED) is 0.609. The van der Waals surface area contributed by atoms with Crippen molar-refractivity contribution in [3.05, 3.63) is 59.2 Å². The third kappa shape index (κ3) is 4.50. The van der Waals surface area contributed by atoms with Crippen LogP contribution in [0.15, 0.2) is 42.5 Å². The van der Waals surface area contributed by atoms with Gasteiger partial charge in [0.25, 0.3) is 5.91 Å². The molecule has 0 bridgehead atoms. The Bertz CT molecular complexity index is 1100. The van der Waals surface area contributed by atoms with Gasteiger partial charge in [-0.2, -0.15) is 0 Å². The van der Waals surface area contributed by atoms with E-state index in [1.165, 1.54) is 0 Å². The van der Waals surface area contributed by atoms with E-state index in [-0.39, 0.29) is 30.4 Å². The number of carbonyl (C=O) groups excluding carboxylic acids is 3. The summed E-state index contributed by atoms with van der Waals surface area (Å²) >= 11 is 0. The summed E-state index contributed by atoms with van der Waals surface area (Å²) in [5.74, 6) is 0.498. The molecule has 5 rings (SSSR count). The lowest BCUT2D eigenvalue weighted by atomic mass is 9.72. The van der Waals surface area contributed by atoms with E-state index in [0.717, 1.165) is 54.5 Å². The molecule has 8 nitrogen and oxygen atoms in total. The van der Waals surface area contributed by atoms with Crippen LogP contribution >= 0.6 is 0 Å². The van der Waals surface area contributed by atoms with Crippen LogP contribution in [-0.4, -0.2) is 30.9 Å². The molecule has 4 N–H and O–H groups in total. The fourth-order valence-corrected chi connectivity index (χ4v) is 5.54. The molecule has 1 aliphatic carbocycles. The Balaban J connectivity index is 1.26. The third-order valence-corrected chi connectivity index (χ3v) is 7.26. The summed E-state index contributed by atoms with van der Waals surface area (Å²) in [6.45, 7) is 0.431. The number of hydrazine groups is 1. The van der Waals surface area contributed by atoms with E-state index >= 15 is 0 Å². The van der Waals surface area contributed by atoms with Gasteiger partial charge in [-0.05, 0) is 47.9 Å². The number of amides is 3. The molecule has 2 fully saturated rings. The van der Waals surface area contributed by atoms with Gasteiger partial charge >= 0.3 is 0 Å². The zero-order chi connectivity index (χ0) is 23.7. The first kappa shape index (κ1) is 22.4. The highest BCUT2D eigenvalue weighted by Gasteiger charge is 2.40. The standard InChI is InChI=1S/C26H30N4O4/c27-23(31)15-34-19-10-9-17-11-12-30(22(17)14-19)24(32)13-16-5-7-18(8-6-16)25-20-3-1-2-4-21(20)26(33)29-28-25/h5-10,14,20-21,25,28H,1-4,11-13,15H2,(H2,27,31)(H,29,33). The number of nitrogens with zero attached hydrogens (tertiary/aromatic N) is 1. The molecule has 2 aromatic rings. The number of nitrogens with two attached hydrogens (primary N) is 1. The van der Waals surface area contributed by atoms with E-state index < -0.39 is 5.91 Å². The minimum absolute atomic E-state index is 0.0222. The molecule has 178 valence electrons. The number of benzene rings is 2. The number of carbonyl (C=O) groups is 3. The van der Waals surface area contributed by atoms with Crippen molar-refractivity contribution in [2.45, 2.75) is 44.6 Å². The maximum atomic E-state index is 13.1. The molecule has 0 spiro atoms. The van der Waals surface area contributed by atoms with Crippen LogP contribution in [0.2, 0.25) is 0 Å². The Kier molecular flexibility index (Phi) is 6.24. The number of primary amides is 1. The molecule has 8 heteroatoms. The molecule has 3 amide bonds. The fourth-order valence-electron chi connectivity index (χ4n) is 5.54. The second-order valence-corrected chi connectivity index (χ2v) is 9.43. The van der Waals surface area contributed by atoms with Crippen molar-refractivity contribution >= 4 is 23.4 Å². The zero-order valence-electron chi connectivity index (χ0n) is 19.1. The summed E-state index contributed by atoms with van der Waals surface area (Å²) in [4.78, 5) is 38.1. The monoisotopic (exact) mass is 462 g/mol. The van der Waals surface area contributed by atoms with Crippen LogP contribution in [0.5, 0.6) is 5.75 Å². The molecule has 0 aromatic heterocycles. The van der Waals surface area contributed by atoms with Crippen LogP contribution in [0.25, 0.3) is 0 Å². The van der Waals surface area contributed by atoms with Crippen LogP contribution < -0.4 is 26.2 Å². The number of nitrogens with one attached hydrogen (secondary N) is 2. The summed E-state index contributed by atoms with van der Waals surface area (Å²) < 4.78 is 5.41. The number of ether oxygens (including phenoxy) is 1. The third-order valence-electron chi connectivity index (χ3n) is 7.26. The molecule has 2 aromatic carbocycles. The summed E-state index contributed by atoms with van der Waals surface area (Å²) in [6.07, 6.45) is 5.36. The van der Waals surface area contributed by atoms with Crippen LogP contribution in [0.3, 0.4) is 0 Å². The van der Waals surface area contributed by atoms with E-state index in [0.29, 0.717) is 24.6 Å². The first-order valence-electron chi connectivity index (χ1n) is 12.0. The number of hydrogen-bond acceptors (Lipinski definition) is 5. The maximum absolute atomic E-state index is 13.1. The normalized spacial score (nSPS) is 23.6. The molecule has 3 aliphatic rings. The minimum Gasteiger partial charge on any atom is -0.484 e. The van der Waals surface area contributed by atoms with Gasteiger partial charge in [0.05, 0.1) is 18.2 Å². The zero-order valence-corrected chi connectivity index (χ0v) is 19.1. The highest BCUT2D eigenvalue weighted by Crippen LogP contribution is 2.40. The predicted octanol–water partition coefficient (Wildman–Crippen LogP) is 2.16. The molecule has 0 radical (unpaired) electrons. The van der Waals surface area contributed by atoms with Crippen molar-refractivity contribution in [3.8, 4) is 5.75 Å². The topological polar surface area (TPSA) is 114 Å². The molecular formula is C26H30N4O4. The first-order chi connectivity index (χ1) is 16.5. The smallest absolute Gasteiger partial charge is 0.255 e. The average molecular weight is 463 g/mol. The van der Waals surface area contributed by atoms with Crippen LogP contribution in [0.4, 0.5) is 5.69 Å². The van der Waals surface area contributed by atoms with Gasteiger partial charge in [-0.3, -0.25) is 19.8 Å². The van der Waals surface area contributed by atoms with E-state index in [9.17, 15) is 14.4 Å². The second kappa shape index (κ2) is 9.46. The van der Waals surface area contributed by atoms with Crippen molar-refractivity contribution in [1.29, 1.82) is 0 Å². The predicted molar refractivity (Wildman–Crippen MR) is 127 cm³/mol. The van der Waals surface area contributed by atoms with Crippen LogP contribution in [0.1, 0.15) is 48.4 Å². The van der Waals surface area contributed by atoms with Crippen LogP contribution in [-0.2, 0) is 27.2 Å². The van der Waals surface area contributed by atoms with Crippen molar-refractivity contribution in [1.82, 2.24) is 10.9 Å².